The van der Waals surface area contributed by atoms with E-state index in [2.05, 4.69) is 26.3 Å². The highest BCUT2D eigenvalue weighted by atomic mass is 16.6. The zero-order valence-electron chi connectivity index (χ0n) is 21.5. The number of nitrogens with zero attached hydrogens (tertiary/aromatic N) is 5. The van der Waals surface area contributed by atoms with E-state index in [4.69, 9.17) is 14.1 Å². The number of hydrogen-bond donors (Lipinski definition) is 0. The molecule has 0 unspecified atom stereocenters. The second-order valence-corrected chi connectivity index (χ2v) is 9.83. The summed E-state index contributed by atoms with van der Waals surface area (Å²) in [6, 6.07) is 12.3. The molecule has 1 aromatic carbocycles. The number of amides is 1. The SMILES string of the molecule is Cc1nonc1CC(=O)N1CCC(N2CCCCCCOc3ccccc3Oc3ncccc3C2)CC1. The van der Waals surface area contributed by atoms with Crippen LogP contribution in [0.3, 0.4) is 0 Å². The third-order valence-electron chi connectivity index (χ3n) is 7.28. The first-order chi connectivity index (χ1) is 18.2. The number of para-hydroxylation sites is 2. The predicted molar refractivity (Wildman–Crippen MR) is 137 cm³/mol. The van der Waals surface area contributed by atoms with Gasteiger partial charge in [-0.25, -0.2) is 9.61 Å². The molecule has 0 N–H and O–H groups in total. The third kappa shape index (κ3) is 6.46. The Labute approximate surface area is 217 Å². The van der Waals surface area contributed by atoms with Crippen LogP contribution in [0.1, 0.15) is 55.5 Å². The number of hydrogen-bond acceptors (Lipinski definition) is 8. The first-order valence-corrected chi connectivity index (χ1v) is 13.3. The highest BCUT2D eigenvalue weighted by Crippen LogP contribution is 2.33. The fraction of sp³-hybridized carbons (Fsp3) is 0.500. The van der Waals surface area contributed by atoms with Gasteiger partial charge in [0.05, 0.1) is 13.0 Å². The fourth-order valence-corrected chi connectivity index (χ4v) is 5.10. The van der Waals surface area contributed by atoms with Gasteiger partial charge < -0.3 is 14.4 Å². The van der Waals surface area contributed by atoms with Gasteiger partial charge in [0, 0.05) is 37.4 Å². The quantitative estimate of drug-likeness (QED) is 0.512. The minimum atomic E-state index is 0.0853. The van der Waals surface area contributed by atoms with Crippen molar-refractivity contribution in [1.82, 2.24) is 25.1 Å². The maximum Gasteiger partial charge on any atom is 0.228 e. The Balaban J connectivity index is 1.28. The number of likely N-dealkylation sites (tertiary alicyclic amines) is 1. The van der Waals surface area contributed by atoms with Crippen molar-refractivity contribution in [2.75, 3.05) is 26.2 Å². The summed E-state index contributed by atoms with van der Waals surface area (Å²) >= 11 is 0. The zero-order chi connectivity index (χ0) is 25.5. The summed E-state index contributed by atoms with van der Waals surface area (Å²) in [5, 5.41) is 7.66. The molecule has 2 aliphatic rings. The van der Waals surface area contributed by atoms with Crippen molar-refractivity contribution < 1.29 is 18.9 Å². The molecule has 9 nitrogen and oxygen atoms in total. The highest BCUT2D eigenvalue weighted by Gasteiger charge is 2.28. The molecule has 2 aliphatic heterocycles. The molecule has 37 heavy (non-hydrogen) atoms. The molecule has 0 spiro atoms. The molecule has 4 heterocycles. The molecular formula is C28H35N5O4. The van der Waals surface area contributed by atoms with E-state index in [1.807, 2.05) is 42.2 Å². The maximum atomic E-state index is 12.8. The smallest absolute Gasteiger partial charge is 0.228 e. The molecule has 0 bridgehead atoms. The Bertz CT molecular complexity index is 1170. The molecule has 2 aromatic heterocycles. The van der Waals surface area contributed by atoms with Gasteiger partial charge in [0.25, 0.3) is 0 Å². The second kappa shape index (κ2) is 12.2. The Morgan fingerprint density at radius 3 is 2.59 bits per heavy atom. The monoisotopic (exact) mass is 505 g/mol. The van der Waals surface area contributed by atoms with E-state index in [0.29, 0.717) is 35.7 Å². The summed E-state index contributed by atoms with van der Waals surface area (Å²) in [5.41, 5.74) is 2.36. The summed E-state index contributed by atoms with van der Waals surface area (Å²) in [5.74, 6) is 2.14. The van der Waals surface area contributed by atoms with Crippen molar-refractivity contribution in [3.05, 3.63) is 59.5 Å². The van der Waals surface area contributed by atoms with Crippen LogP contribution < -0.4 is 9.47 Å². The molecule has 196 valence electrons. The summed E-state index contributed by atoms with van der Waals surface area (Å²) in [4.78, 5) is 21.9. The van der Waals surface area contributed by atoms with Gasteiger partial charge in [0.1, 0.15) is 11.4 Å². The second-order valence-electron chi connectivity index (χ2n) is 9.83. The molecule has 1 saturated heterocycles. The Morgan fingerprint density at radius 2 is 1.78 bits per heavy atom. The topological polar surface area (TPSA) is 93.8 Å². The van der Waals surface area contributed by atoms with Gasteiger partial charge in [0.2, 0.25) is 11.8 Å². The number of aromatic nitrogens is 3. The molecule has 0 atom stereocenters. The lowest BCUT2D eigenvalue weighted by molar-refractivity contribution is -0.132. The van der Waals surface area contributed by atoms with Crippen LogP contribution >= 0.6 is 0 Å². The number of rotatable bonds is 3. The highest BCUT2D eigenvalue weighted by molar-refractivity contribution is 5.78. The Kier molecular flexibility index (Phi) is 8.30. The summed E-state index contributed by atoms with van der Waals surface area (Å²) in [6.45, 7) is 5.74. The molecule has 1 fully saturated rings. The standard InChI is InChI=1S/C28H35N5O4/c1-21-24(31-37-30-21)19-27(34)32-16-12-23(13-17-32)33-15-6-2-3-7-18-35-25-10-4-5-11-26(25)36-28-22(20-33)9-8-14-29-28/h4-5,8-11,14,23H,2-3,6-7,12-13,15-20H2,1H3. The van der Waals surface area contributed by atoms with Gasteiger partial charge in [-0.2, -0.15) is 0 Å². The lowest BCUT2D eigenvalue weighted by Crippen LogP contribution is -2.47. The fourth-order valence-electron chi connectivity index (χ4n) is 5.10. The van der Waals surface area contributed by atoms with Crippen molar-refractivity contribution in [3.8, 4) is 17.4 Å². The van der Waals surface area contributed by atoms with Crippen LogP contribution in [0.15, 0.2) is 47.2 Å². The average Bonchev–Trinajstić information content (AvgIpc) is 3.33. The van der Waals surface area contributed by atoms with Crippen LogP contribution in [-0.2, 0) is 17.8 Å². The lowest BCUT2D eigenvalue weighted by Gasteiger charge is -2.39. The first kappa shape index (κ1) is 25.2. The van der Waals surface area contributed by atoms with Crippen molar-refractivity contribution in [2.45, 2.75) is 64.5 Å². The van der Waals surface area contributed by atoms with Gasteiger partial charge >= 0.3 is 0 Å². The molecule has 1 amide bonds. The lowest BCUT2D eigenvalue weighted by atomic mass is 10.0. The molecule has 0 aliphatic carbocycles. The van der Waals surface area contributed by atoms with Crippen molar-refractivity contribution >= 4 is 5.91 Å². The van der Waals surface area contributed by atoms with Gasteiger partial charge in [-0.3, -0.25) is 9.69 Å². The number of pyridine rings is 1. The van der Waals surface area contributed by atoms with E-state index in [1.165, 1.54) is 6.42 Å². The van der Waals surface area contributed by atoms with Crippen LogP contribution in [0.2, 0.25) is 0 Å². The number of piperidine rings is 1. The number of ether oxygens (including phenoxy) is 2. The van der Waals surface area contributed by atoms with Crippen LogP contribution in [0.25, 0.3) is 0 Å². The minimum Gasteiger partial charge on any atom is -0.490 e. The largest absolute Gasteiger partial charge is 0.490 e. The number of fused-ring (bicyclic) bond motifs is 2. The number of carbonyl (C=O) groups excluding carboxylic acids is 1. The van der Waals surface area contributed by atoms with Crippen molar-refractivity contribution in [1.29, 1.82) is 0 Å². The molecule has 0 saturated carbocycles. The van der Waals surface area contributed by atoms with Gasteiger partial charge in [-0.1, -0.05) is 41.4 Å². The first-order valence-electron chi connectivity index (χ1n) is 13.3. The number of carbonyl (C=O) groups is 1. The summed E-state index contributed by atoms with van der Waals surface area (Å²) in [6.07, 6.45) is 8.34. The average molecular weight is 506 g/mol. The summed E-state index contributed by atoms with van der Waals surface area (Å²) in [7, 11) is 0. The predicted octanol–water partition coefficient (Wildman–Crippen LogP) is 4.55. The van der Waals surface area contributed by atoms with Gasteiger partial charge in [-0.05, 0) is 57.4 Å². The zero-order valence-corrected chi connectivity index (χ0v) is 21.5. The van der Waals surface area contributed by atoms with Crippen molar-refractivity contribution in [3.63, 3.8) is 0 Å². The molecule has 0 radical (unpaired) electrons. The normalized spacial score (nSPS) is 18.1. The minimum absolute atomic E-state index is 0.0853. The van der Waals surface area contributed by atoms with Gasteiger partial charge in [0.15, 0.2) is 11.5 Å². The number of benzene rings is 1. The van der Waals surface area contributed by atoms with Crippen LogP contribution in [0.5, 0.6) is 17.4 Å². The van der Waals surface area contributed by atoms with E-state index in [-0.39, 0.29) is 12.3 Å². The molecule has 5 rings (SSSR count). The van der Waals surface area contributed by atoms with E-state index < -0.39 is 0 Å². The number of aryl methyl sites for hydroxylation is 1. The summed E-state index contributed by atoms with van der Waals surface area (Å²) < 4.78 is 17.1. The molecule has 3 aromatic rings. The van der Waals surface area contributed by atoms with E-state index in [1.54, 1.807) is 6.20 Å². The van der Waals surface area contributed by atoms with Crippen molar-refractivity contribution in [2.24, 2.45) is 0 Å². The Morgan fingerprint density at radius 1 is 0.973 bits per heavy atom. The molecule has 9 heteroatoms. The maximum absolute atomic E-state index is 12.8. The van der Waals surface area contributed by atoms with E-state index >= 15 is 0 Å². The van der Waals surface area contributed by atoms with E-state index in [0.717, 1.165) is 69.6 Å². The van der Waals surface area contributed by atoms with Crippen LogP contribution in [0, 0.1) is 6.92 Å². The van der Waals surface area contributed by atoms with E-state index in [9.17, 15) is 4.79 Å². The van der Waals surface area contributed by atoms with Crippen LogP contribution in [-0.4, -0.2) is 63.3 Å². The Hall–Kier alpha value is -3.46. The third-order valence-corrected chi connectivity index (χ3v) is 7.28. The van der Waals surface area contributed by atoms with Gasteiger partial charge in [-0.15, -0.1) is 0 Å². The molecular weight excluding hydrogens is 470 g/mol. The van der Waals surface area contributed by atoms with Crippen LogP contribution in [0.4, 0.5) is 0 Å².